The highest BCUT2D eigenvalue weighted by atomic mass is 14.8. The van der Waals surface area contributed by atoms with Gasteiger partial charge in [-0.2, -0.15) is 0 Å². The molecule has 1 aliphatic carbocycles. The van der Waals surface area contributed by atoms with Crippen LogP contribution in [-0.4, -0.2) is 19.6 Å². The van der Waals surface area contributed by atoms with Gasteiger partial charge in [-0.25, -0.2) is 0 Å². The first-order valence-corrected chi connectivity index (χ1v) is 6.34. The number of unbranched alkanes of at least 4 members (excludes halogenated alkanes) is 3. The first kappa shape index (κ1) is 12.0. The fourth-order valence-corrected chi connectivity index (χ4v) is 1.80. The fourth-order valence-electron chi connectivity index (χ4n) is 1.80. The van der Waals surface area contributed by atoms with Crippen molar-refractivity contribution in [2.75, 3.05) is 19.6 Å². The van der Waals surface area contributed by atoms with E-state index in [-0.39, 0.29) is 0 Å². The fraction of sp³-hybridized carbons (Fsp3) is 1.00. The molecule has 1 rings (SSSR count). The summed E-state index contributed by atoms with van der Waals surface area (Å²) in [6.07, 6.45) is 11.0. The summed E-state index contributed by atoms with van der Waals surface area (Å²) in [5.41, 5.74) is 5.43. The minimum Gasteiger partial charge on any atom is -0.330 e. The Balaban J connectivity index is 1.63. The molecule has 0 amide bonds. The molecule has 2 nitrogen and oxygen atoms in total. The van der Waals surface area contributed by atoms with Crippen LogP contribution in [0.1, 0.15) is 51.4 Å². The van der Waals surface area contributed by atoms with E-state index in [9.17, 15) is 0 Å². The van der Waals surface area contributed by atoms with Crippen molar-refractivity contribution < 1.29 is 0 Å². The predicted molar refractivity (Wildman–Crippen MR) is 62.4 cm³/mol. The van der Waals surface area contributed by atoms with E-state index in [2.05, 4.69) is 5.32 Å². The first-order chi connectivity index (χ1) is 6.93. The zero-order valence-corrected chi connectivity index (χ0v) is 9.43. The zero-order valence-electron chi connectivity index (χ0n) is 9.43. The third-order valence-electron chi connectivity index (χ3n) is 2.97. The topological polar surface area (TPSA) is 38.0 Å². The van der Waals surface area contributed by atoms with Crippen LogP contribution in [0.5, 0.6) is 0 Å². The quantitative estimate of drug-likeness (QED) is 0.529. The normalized spacial score (nSPS) is 16.1. The number of rotatable bonds is 10. The van der Waals surface area contributed by atoms with E-state index < -0.39 is 0 Å². The minimum absolute atomic E-state index is 0.856. The van der Waals surface area contributed by atoms with Crippen molar-refractivity contribution in [2.45, 2.75) is 51.4 Å². The van der Waals surface area contributed by atoms with Gasteiger partial charge in [0.25, 0.3) is 0 Å². The highest BCUT2D eigenvalue weighted by Gasteiger charge is 2.19. The second-order valence-corrected chi connectivity index (χ2v) is 4.54. The van der Waals surface area contributed by atoms with Crippen molar-refractivity contribution in [3.05, 3.63) is 0 Å². The van der Waals surface area contributed by atoms with Crippen molar-refractivity contribution in [2.24, 2.45) is 11.7 Å². The van der Waals surface area contributed by atoms with Gasteiger partial charge in [-0.15, -0.1) is 0 Å². The lowest BCUT2D eigenvalue weighted by Gasteiger charge is -2.03. The molecule has 0 heterocycles. The lowest BCUT2D eigenvalue weighted by molar-refractivity contribution is 0.558. The van der Waals surface area contributed by atoms with E-state index in [1.165, 1.54) is 64.5 Å². The largest absolute Gasteiger partial charge is 0.330 e. The van der Waals surface area contributed by atoms with Crippen molar-refractivity contribution in [1.82, 2.24) is 5.32 Å². The maximum atomic E-state index is 5.43. The van der Waals surface area contributed by atoms with Crippen LogP contribution in [0.2, 0.25) is 0 Å². The molecular formula is C12H26N2. The van der Waals surface area contributed by atoms with Gasteiger partial charge in [0, 0.05) is 0 Å². The molecule has 0 aromatic heterocycles. The van der Waals surface area contributed by atoms with Crippen molar-refractivity contribution in [3.63, 3.8) is 0 Å². The Morgan fingerprint density at radius 2 is 1.64 bits per heavy atom. The summed E-state index contributed by atoms with van der Waals surface area (Å²) in [5, 5.41) is 3.51. The second kappa shape index (κ2) is 8.25. The Labute approximate surface area is 88.6 Å². The molecule has 2 heteroatoms. The van der Waals surface area contributed by atoms with Crippen molar-refractivity contribution in [3.8, 4) is 0 Å². The maximum absolute atomic E-state index is 5.43. The highest BCUT2D eigenvalue weighted by Crippen LogP contribution is 2.33. The van der Waals surface area contributed by atoms with Gasteiger partial charge < -0.3 is 11.1 Å². The van der Waals surface area contributed by atoms with E-state index in [1.54, 1.807) is 0 Å². The minimum atomic E-state index is 0.856. The molecule has 1 saturated carbocycles. The van der Waals surface area contributed by atoms with Crippen LogP contribution in [0.25, 0.3) is 0 Å². The van der Waals surface area contributed by atoms with E-state index >= 15 is 0 Å². The number of hydrogen-bond donors (Lipinski definition) is 2. The van der Waals surface area contributed by atoms with Crippen LogP contribution in [0.3, 0.4) is 0 Å². The zero-order chi connectivity index (χ0) is 10.1. The number of nitrogens with one attached hydrogen (secondary N) is 1. The second-order valence-electron chi connectivity index (χ2n) is 4.54. The molecule has 0 saturated heterocycles. The molecule has 84 valence electrons. The van der Waals surface area contributed by atoms with Crippen LogP contribution < -0.4 is 11.1 Å². The molecular weight excluding hydrogens is 172 g/mol. The van der Waals surface area contributed by atoms with E-state index in [0.29, 0.717) is 0 Å². The van der Waals surface area contributed by atoms with Crippen LogP contribution in [0.4, 0.5) is 0 Å². The molecule has 0 radical (unpaired) electrons. The lowest BCUT2D eigenvalue weighted by Crippen LogP contribution is -2.16. The van der Waals surface area contributed by atoms with Crippen LogP contribution in [0.15, 0.2) is 0 Å². The van der Waals surface area contributed by atoms with E-state index in [0.717, 1.165) is 12.5 Å². The highest BCUT2D eigenvalue weighted by molar-refractivity contribution is 4.72. The van der Waals surface area contributed by atoms with Gasteiger partial charge in [0.2, 0.25) is 0 Å². The van der Waals surface area contributed by atoms with Gasteiger partial charge >= 0.3 is 0 Å². The van der Waals surface area contributed by atoms with Gasteiger partial charge in [-0.3, -0.25) is 0 Å². The molecule has 0 aromatic rings. The number of nitrogens with two attached hydrogens (primary N) is 1. The molecule has 0 bridgehead atoms. The molecule has 0 spiro atoms. The summed E-state index contributed by atoms with van der Waals surface area (Å²) in [4.78, 5) is 0. The van der Waals surface area contributed by atoms with Gasteiger partial charge in [0.15, 0.2) is 0 Å². The molecule has 3 N–H and O–H groups in total. The third kappa shape index (κ3) is 7.34. The van der Waals surface area contributed by atoms with Crippen LogP contribution in [-0.2, 0) is 0 Å². The van der Waals surface area contributed by atoms with Gasteiger partial charge in [-0.1, -0.05) is 25.7 Å². The smallest absolute Gasteiger partial charge is 0.00488 e. The lowest BCUT2D eigenvalue weighted by atomic mass is 10.2. The van der Waals surface area contributed by atoms with Gasteiger partial charge in [-0.05, 0) is 51.2 Å². The van der Waals surface area contributed by atoms with Gasteiger partial charge in [0.05, 0.1) is 0 Å². The maximum Gasteiger partial charge on any atom is -0.00488 e. The number of hydrogen-bond acceptors (Lipinski definition) is 2. The van der Waals surface area contributed by atoms with Crippen LogP contribution in [0, 0.1) is 5.92 Å². The Hall–Kier alpha value is -0.0800. The summed E-state index contributed by atoms with van der Waals surface area (Å²) in [7, 11) is 0. The summed E-state index contributed by atoms with van der Waals surface area (Å²) in [6, 6.07) is 0. The Morgan fingerprint density at radius 1 is 0.929 bits per heavy atom. The molecule has 1 fully saturated rings. The standard InChI is InChI=1S/C12H26N2/c13-9-3-1-2-4-10-14-11-5-6-12-7-8-12/h12,14H,1-11,13H2. The summed E-state index contributed by atoms with van der Waals surface area (Å²) < 4.78 is 0. The molecule has 0 atom stereocenters. The molecule has 1 aliphatic rings. The molecule has 0 unspecified atom stereocenters. The first-order valence-electron chi connectivity index (χ1n) is 6.34. The van der Waals surface area contributed by atoms with Crippen molar-refractivity contribution >= 4 is 0 Å². The summed E-state index contributed by atoms with van der Waals surface area (Å²) >= 11 is 0. The van der Waals surface area contributed by atoms with Crippen LogP contribution >= 0.6 is 0 Å². The monoisotopic (exact) mass is 198 g/mol. The third-order valence-corrected chi connectivity index (χ3v) is 2.97. The van der Waals surface area contributed by atoms with E-state index in [1.807, 2.05) is 0 Å². The molecule has 0 aliphatic heterocycles. The Morgan fingerprint density at radius 3 is 2.36 bits per heavy atom. The SMILES string of the molecule is NCCCCCCNCCCC1CC1. The molecule has 0 aromatic carbocycles. The molecule has 14 heavy (non-hydrogen) atoms. The summed E-state index contributed by atoms with van der Waals surface area (Å²) in [6.45, 7) is 3.29. The average Bonchev–Trinajstić information content (AvgIpc) is 2.99. The Bertz CT molecular complexity index is 121. The van der Waals surface area contributed by atoms with Gasteiger partial charge in [0.1, 0.15) is 0 Å². The average molecular weight is 198 g/mol. The Kier molecular flexibility index (Phi) is 7.06. The van der Waals surface area contributed by atoms with Crippen molar-refractivity contribution in [1.29, 1.82) is 0 Å². The predicted octanol–water partition coefficient (Wildman–Crippen LogP) is 2.29. The summed E-state index contributed by atoms with van der Waals surface area (Å²) in [5.74, 6) is 1.10. The van der Waals surface area contributed by atoms with E-state index in [4.69, 9.17) is 5.73 Å².